The number of carbonyl (C=O) groups excluding carboxylic acids is 1. The van der Waals surface area contributed by atoms with E-state index in [1.165, 1.54) is 0 Å². The van der Waals surface area contributed by atoms with E-state index in [4.69, 9.17) is 0 Å². The molecule has 1 heterocycles. The second-order valence-corrected chi connectivity index (χ2v) is 5.55. The Kier molecular flexibility index (Phi) is 3.08. The normalized spacial score (nSPS) is 22.2. The summed E-state index contributed by atoms with van der Waals surface area (Å²) in [6.07, 6.45) is 3.81. The number of aliphatic carboxylic acids is 1. The van der Waals surface area contributed by atoms with E-state index in [1.807, 2.05) is 25.1 Å². The molecule has 1 saturated carbocycles. The first-order chi connectivity index (χ1) is 9.59. The molecule has 3 rings (SSSR count). The van der Waals surface area contributed by atoms with Crippen molar-refractivity contribution >= 4 is 22.7 Å². The maximum Gasteiger partial charge on any atom is 0.307 e. The summed E-state index contributed by atoms with van der Waals surface area (Å²) >= 11 is 0. The maximum absolute atomic E-state index is 12.7. The van der Waals surface area contributed by atoms with Gasteiger partial charge in [0, 0.05) is 28.6 Å². The highest BCUT2D eigenvalue weighted by atomic mass is 16.4. The quantitative estimate of drug-likeness (QED) is 0.842. The number of carboxylic acid groups (broad SMARTS) is 1. The van der Waals surface area contributed by atoms with Gasteiger partial charge in [-0.1, -0.05) is 18.6 Å². The Bertz CT molecular complexity index is 686. The van der Waals surface area contributed by atoms with Gasteiger partial charge in [-0.3, -0.25) is 9.59 Å². The molecular weight excluding hydrogens is 254 g/mol. The van der Waals surface area contributed by atoms with E-state index in [-0.39, 0.29) is 11.7 Å². The lowest BCUT2D eigenvalue weighted by atomic mass is 9.88. The average molecular weight is 271 g/mol. The molecule has 2 unspecified atom stereocenters. The summed E-state index contributed by atoms with van der Waals surface area (Å²) in [4.78, 5) is 27.1. The molecule has 0 aliphatic heterocycles. The van der Waals surface area contributed by atoms with Crippen LogP contribution in [0.5, 0.6) is 0 Å². The Morgan fingerprint density at radius 2 is 2.00 bits per heavy atom. The molecule has 2 N–H and O–H groups in total. The minimum Gasteiger partial charge on any atom is -0.481 e. The number of hydrogen-bond acceptors (Lipinski definition) is 2. The minimum absolute atomic E-state index is 0.0320. The van der Waals surface area contributed by atoms with Gasteiger partial charge >= 0.3 is 5.97 Å². The lowest BCUT2D eigenvalue weighted by molar-refractivity contribution is -0.142. The number of rotatable bonds is 3. The van der Waals surface area contributed by atoms with Crippen molar-refractivity contribution in [3.8, 4) is 0 Å². The van der Waals surface area contributed by atoms with Crippen LogP contribution in [0.15, 0.2) is 24.4 Å². The van der Waals surface area contributed by atoms with Crippen LogP contribution in [-0.2, 0) is 4.79 Å². The summed E-state index contributed by atoms with van der Waals surface area (Å²) in [5.41, 5.74) is 2.60. The van der Waals surface area contributed by atoms with Crippen LogP contribution in [-0.4, -0.2) is 21.8 Å². The number of Topliss-reactive ketones (excluding diaryl/α,β-unsaturated/α-hetero) is 1. The standard InChI is InChI=1S/C16H17NO3/c1-9-4-2-7-13-14(9)12(8-17-13)15(18)10-5-3-6-11(10)16(19)20/h2,4,7-8,10-11,17H,3,5-6H2,1H3,(H,19,20). The third-order valence-electron chi connectivity index (χ3n) is 4.35. The number of carbonyl (C=O) groups is 2. The summed E-state index contributed by atoms with van der Waals surface area (Å²) < 4.78 is 0. The van der Waals surface area contributed by atoms with Crippen LogP contribution < -0.4 is 0 Å². The van der Waals surface area contributed by atoms with E-state index < -0.39 is 11.9 Å². The van der Waals surface area contributed by atoms with E-state index in [0.29, 0.717) is 18.4 Å². The van der Waals surface area contributed by atoms with Crippen molar-refractivity contribution in [3.63, 3.8) is 0 Å². The average Bonchev–Trinajstić information content (AvgIpc) is 3.05. The van der Waals surface area contributed by atoms with Gasteiger partial charge in [0.2, 0.25) is 0 Å². The summed E-state index contributed by atoms with van der Waals surface area (Å²) in [5.74, 6) is -1.80. The van der Waals surface area contributed by atoms with Crippen molar-refractivity contribution in [2.75, 3.05) is 0 Å². The molecule has 2 aromatic rings. The maximum atomic E-state index is 12.7. The number of nitrogens with one attached hydrogen (secondary N) is 1. The molecular formula is C16H17NO3. The zero-order chi connectivity index (χ0) is 14.3. The van der Waals surface area contributed by atoms with Crippen molar-refractivity contribution < 1.29 is 14.7 Å². The van der Waals surface area contributed by atoms with E-state index in [2.05, 4.69) is 4.98 Å². The molecule has 1 aliphatic carbocycles. The number of H-pyrrole nitrogens is 1. The van der Waals surface area contributed by atoms with Crippen LogP contribution in [0, 0.1) is 18.8 Å². The molecule has 4 nitrogen and oxygen atoms in total. The van der Waals surface area contributed by atoms with Gasteiger partial charge in [0.05, 0.1) is 5.92 Å². The van der Waals surface area contributed by atoms with Gasteiger partial charge in [0.15, 0.2) is 5.78 Å². The second-order valence-electron chi connectivity index (χ2n) is 5.55. The van der Waals surface area contributed by atoms with Crippen LogP contribution in [0.1, 0.15) is 35.2 Å². The number of ketones is 1. The summed E-state index contributed by atoms with van der Waals surface area (Å²) in [7, 11) is 0. The zero-order valence-corrected chi connectivity index (χ0v) is 11.3. The molecule has 0 radical (unpaired) electrons. The first kappa shape index (κ1) is 12.9. The second kappa shape index (κ2) is 4.78. The van der Waals surface area contributed by atoms with Gasteiger partial charge in [0.1, 0.15) is 0 Å². The first-order valence-corrected chi connectivity index (χ1v) is 6.93. The smallest absolute Gasteiger partial charge is 0.307 e. The number of aromatic nitrogens is 1. The van der Waals surface area contributed by atoms with Crippen LogP contribution in [0.3, 0.4) is 0 Å². The molecule has 4 heteroatoms. The first-order valence-electron chi connectivity index (χ1n) is 6.93. The van der Waals surface area contributed by atoms with Crippen molar-refractivity contribution in [1.82, 2.24) is 4.98 Å². The lowest BCUT2D eigenvalue weighted by Gasteiger charge is -2.14. The number of benzene rings is 1. The van der Waals surface area contributed by atoms with Gasteiger partial charge in [-0.05, 0) is 31.4 Å². The Hall–Kier alpha value is -2.10. The highest BCUT2D eigenvalue weighted by Gasteiger charge is 2.38. The molecule has 1 aliphatic rings. The van der Waals surface area contributed by atoms with Crippen molar-refractivity contribution in [3.05, 3.63) is 35.5 Å². The van der Waals surface area contributed by atoms with Crippen molar-refractivity contribution in [1.29, 1.82) is 0 Å². The number of aromatic amines is 1. The molecule has 2 atom stereocenters. The Morgan fingerprint density at radius 3 is 2.75 bits per heavy atom. The number of fused-ring (bicyclic) bond motifs is 1. The highest BCUT2D eigenvalue weighted by molar-refractivity contribution is 6.10. The monoisotopic (exact) mass is 271 g/mol. The molecule has 20 heavy (non-hydrogen) atoms. The van der Waals surface area contributed by atoms with Crippen LogP contribution >= 0.6 is 0 Å². The Balaban J connectivity index is 2.03. The SMILES string of the molecule is Cc1cccc2[nH]cc(C(=O)C3CCCC3C(=O)O)c12. The third kappa shape index (κ3) is 1.92. The van der Waals surface area contributed by atoms with Gasteiger partial charge in [-0.25, -0.2) is 0 Å². The van der Waals surface area contributed by atoms with Crippen molar-refractivity contribution in [2.45, 2.75) is 26.2 Å². The van der Waals surface area contributed by atoms with Crippen LogP contribution in [0.2, 0.25) is 0 Å². The largest absolute Gasteiger partial charge is 0.481 e. The van der Waals surface area contributed by atoms with Crippen LogP contribution in [0.25, 0.3) is 10.9 Å². The number of hydrogen-bond donors (Lipinski definition) is 2. The molecule has 0 bridgehead atoms. The number of carboxylic acids is 1. The van der Waals surface area contributed by atoms with Gasteiger partial charge < -0.3 is 10.1 Å². The molecule has 104 valence electrons. The number of aryl methyl sites for hydroxylation is 1. The molecule has 1 aromatic heterocycles. The molecule has 0 amide bonds. The lowest BCUT2D eigenvalue weighted by Crippen LogP contribution is -2.25. The predicted octanol–water partition coefficient (Wildman–Crippen LogP) is 3.16. The summed E-state index contributed by atoms with van der Waals surface area (Å²) in [6, 6.07) is 5.84. The summed E-state index contributed by atoms with van der Waals surface area (Å²) in [5, 5.41) is 10.2. The van der Waals surface area contributed by atoms with E-state index in [1.54, 1.807) is 6.20 Å². The minimum atomic E-state index is -0.850. The molecule has 0 spiro atoms. The fourth-order valence-corrected chi connectivity index (χ4v) is 3.33. The van der Waals surface area contributed by atoms with Crippen LogP contribution in [0.4, 0.5) is 0 Å². The fraction of sp³-hybridized carbons (Fsp3) is 0.375. The van der Waals surface area contributed by atoms with Crippen molar-refractivity contribution in [2.24, 2.45) is 11.8 Å². The fourth-order valence-electron chi connectivity index (χ4n) is 3.33. The van der Waals surface area contributed by atoms with E-state index in [0.717, 1.165) is 22.9 Å². The molecule has 1 aromatic carbocycles. The van der Waals surface area contributed by atoms with Gasteiger partial charge in [0.25, 0.3) is 0 Å². The predicted molar refractivity (Wildman–Crippen MR) is 75.8 cm³/mol. The Labute approximate surface area is 116 Å². The highest BCUT2D eigenvalue weighted by Crippen LogP contribution is 2.36. The topological polar surface area (TPSA) is 70.2 Å². The molecule has 1 fully saturated rings. The van der Waals surface area contributed by atoms with Gasteiger partial charge in [-0.2, -0.15) is 0 Å². The zero-order valence-electron chi connectivity index (χ0n) is 11.3. The molecule has 0 saturated heterocycles. The van der Waals surface area contributed by atoms with Gasteiger partial charge in [-0.15, -0.1) is 0 Å². The third-order valence-corrected chi connectivity index (χ3v) is 4.35. The van der Waals surface area contributed by atoms with E-state index in [9.17, 15) is 14.7 Å². The van der Waals surface area contributed by atoms with E-state index >= 15 is 0 Å². The summed E-state index contributed by atoms with van der Waals surface area (Å²) in [6.45, 7) is 1.97. The Morgan fingerprint density at radius 1 is 1.25 bits per heavy atom.